The summed E-state index contributed by atoms with van der Waals surface area (Å²) < 4.78 is 0. The maximum absolute atomic E-state index is 3.25. The van der Waals surface area contributed by atoms with E-state index in [1.54, 1.807) is 0 Å². The first-order valence-corrected chi connectivity index (χ1v) is 1.09. The Hall–Kier alpha value is 0.823. The molecule has 9 heavy (non-hydrogen) atoms. The van der Waals surface area contributed by atoms with Crippen LogP contribution in [0.15, 0.2) is 0 Å². The van der Waals surface area contributed by atoms with E-state index in [-0.39, 0.29) is 63.4 Å². The number of nitrogens with one attached hydrogen (secondary N) is 1. The number of hydrogen-bond donors (Lipinski definition) is 1. The van der Waals surface area contributed by atoms with E-state index in [9.17, 15) is 0 Å². The van der Waals surface area contributed by atoms with Crippen molar-refractivity contribution in [2.24, 2.45) is 0 Å². The maximum Gasteiger partial charge on any atom is 4.00 e. The van der Waals surface area contributed by atoms with E-state index in [0.717, 1.165) is 0 Å². The van der Waals surface area contributed by atoms with Crippen molar-refractivity contribution in [2.45, 2.75) is 0 Å². The number of aromatic amines is 1. The van der Waals surface area contributed by atoms with Gasteiger partial charge in [0.05, 0.1) is 0 Å². The van der Waals surface area contributed by atoms with Crippen LogP contribution in [0.3, 0.4) is 0 Å². The normalized spacial score (nSPS) is 4.44. The number of aromatic nitrogens is 4. The second-order valence-corrected chi connectivity index (χ2v) is 0.512. The van der Waals surface area contributed by atoms with Crippen molar-refractivity contribution in [1.29, 1.82) is 0 Å². The molecule has 0 saturated heterocycles. The predicted molar refractivity (Wildman–Crippen MR) is 13.0 cm³/mol. The van der Waals surface area contributed by atoms with Gasteiger partial charge in [-0.25, -0.2) is 11.5 Å². The van der Waals surface area contributed by atoms with Gasteiger partial charge in [0.15, 0.2) is 0 Å². The summed E-state index contributed by atoms with van der Waals surface area (Å²) in [5.74, 6) is 0. The Bertz CT molecular complexity index is 72.3. The van der Waals surface area contributed by atoms with Gasteiger partial charge >= 0.3 is 26.2 Å². The van der Waals surface area contributed by atoms with Gasteiger partial charge in [0.25, 0.3) is 0 Å². The zero-order chi connectivity index (χ0) is 3.54. The maximum atomic E-state index is 3.25. The Kier molecular flexibility index (Phi) is 39.9. The Morgan fingerprint density at radius 2 is 1.67 bits per heavy atom. The number of hydrogen-bond acceptors (Lipinski definition) is 3. The Morgan fingerprint density at radius 3 is 1.78 bits per heavy atom. The topological polar surface area (TPSA) is 54.5 Å². The standard InChI is InChI=1S/CHN4.3ClH.Zr/c1-2-4-5-3-1;;;;/h(H,2,3,4,5);3*1H;/q-1;;;;+4/p-3. The molecule has 0 saturated carbocycles. The van der Waals surface area contributed by atoms with Crippen LogP contribution in [0, 0.1) is 6.33 Å². The first kappa shape index (κ1) is 22.6. The molecule has 8 heteroatoms. The van der Waals surface area contributed by atoms with Gasteiger partial charge in [0.1, 0.15) is 0 Å². The Labute approximate surface area is 89.9 Å². The van der Waals surface area contributed by atoms with Crippen molar-refractivity contribution >= 4 is 0 Å². The first-order chi connectivity index (χ1) is 2.50. The number of rotatable bonds is 0. The van der Waals surface area contributed by atoms with Crippen molar-refractivity contribution in [1.82, 2.24) is 20.6 Å². The van der Waals surface area contributed by atoms with Gasteiger partial charge < -0.3 is 47.4 Å². The molecule has 0 aliphatic heterocycles. The van der Waals surface area contributed by atoms with E-state index in [4.69, 9.17) is 0 Å². The average Bonchev–Trinajstić information content (AvgIpc) is 1.76. The van der Waals surface area contributed by atoms with Crippen molar-refractivity contribution in [3.63, 3.8) is 0 Å². The third-order valence-corrected chi connectivity index (χ3v) is 0.239. The van der Waals surface area contributed by atoms with Crippen LogP contribution in [0.5, 0.6) is 0 Å². The van der Waals surface area contributed by atoms with Gasteiger partial charge in [0.2, 0.25) is 0 Å². The second kappa shape index (κ2) is 15.9. The van der Waals surface area contributed by atoms with Gasteiger partial charge in [0, 0.05) is 0 Å². The number of halogens is 3. The Morgan fingerprint density at radius 1 is 1.11 bits per heavy atom. The molecule has 1 N–H and O–H groups in total. The van der Waals surface area contributed by atoms with Gasteiger partial charge in [-0.15, -0.1) is 0 Å². The Balaban J connectivity index is -0.0000000312. The smallest absolute Gasteiger partial charge is 1.00 e. The summed E-state index contributed by atoms with van der Waals surface area (Å²) in [6, 6.07) is 0. The summed E-state index contributed by atoms with van der Waals surface area (Å²) in [6.07, 6.45) is 2.19. The molecule has 1 aromatic heterocycles. The third kappa shape index (κ3) is 12.1. The predicted octanol–water partition coefficient (Wildman–Crippen LogP) is -9.99. The van der Waals surface area contributed by atoms with Crippen LogP contribution in [0.2, 0.25) is 0 Å². The molecule has 0 bridgehead atoms. The van der Waals surface area contributed by atoms with E-state index in [2.05, 4.69) is 27.0 Å². The summed E-state index contributed by atoms with van der Waals surface area (Å²) in [7, 11) is 0. The molecule has 0 unspecified atom stereocenters. The molecule has 0 spiro atoms. The average molecular weight is 267 g/mol. The van der Waals surface area contributed by atoms with E-state index in [1.165, 1.54) is 0 Å². The molecule has 0 radical (unpaired) electrons. The molecule has 0 aliphatic carbocycles. The fourth-order valence-electron chi connectivity index (χ4n) is 0.112. The monoisotopic (exact) mass is 264 g/mol. The van der Waals surface area contributed by atoms with Crippen molar-refractivity contribution < 1.29 is 63.4 Å². The van der Waals surface area contributed by atoms with E-state index in [1.807, 2.05) is 0 Å². The fourth-order valence-corrected chi connectivity index (χ4v) is 0.112. The first-order valence-electron chi connectivity index (χ1n) is 1.09. The molecular weight excluding hydrogens is 266 g/mol. The molecule has 4 nitrogen and oxygen atoms in total. The molecule has 0 amide bonds. The van der Waals surface area contributed by atoms with Crippen molar-refractivity contribution in [3.05, 3.63) is 6.33 Å². The van der Waals surface area contributed by atoms with E-state index in [0.29, 0.717) is 0 Å². The van der Waals surface area contributed by atoms with Gasteiger partial charge in [-0.1, -0.05) is 5.21 Å². The molecule has 1 rings (SSSR count). The van der Waals surface area contributed by atoms with Crippen LogP contribution in [0.25, 0.3) is 0 Å². The van der Waals surface area contributed by atoms with Gasteiger partial charge in [-0.3, -0.25) is 0 Å². The van der Waals surface area contributed by atoms with Crippen molar-refractivity contribution in [2.75, 3.05) is 0 Å². The zero-order valence-corrected chi connectivity index (χ0v) is 8.70. The summed E-state index contributed by atoms with van der Waals surface area (Å²) in [5, 5.41) is 11.8. The minimum absolute atomic E-state index is 0. The summed E-state index contributed by atoms with van der Waals surface area (Å²) >= 11 is 0. The summed E-state index contributed by atoms with van der Waals surface area (Å²) in [6.45, 7) is 0. The van der Waals surface area contributed by atoms with E-state index < -0.39 is 0 Å². The number of tetrazole rings is 1. The van der Waals surface area contributed by atoms with Crippen LogP contribution in [-0.4, -0.2) is 20.6 Å². The summed E-state index contributed by atoms with van der Waals surface area (Å²) in [4.78, 5) is 0. The molecule has 1 heterocycles. The third-order valence-electron chi connectivity index (χ3n) is 0.239. The fraction of sp³-hybridized carbons (Fsp3) is 0. The minimum Gasteiger partial charge on any atom is -1.00 e. The molecule has 0 fully saturated rings. The van der Waals surface area contributed by atoms with Crippen LogP contribution in [0.1, 0.15) is 0 Å². The number of H-pyrrole nitrogens is 1. The van der Waals surface area contributed by atoms with Gasteiger partial charge in [-0.2, -0.15) is 0 Å². The van der Waals surface area contributed by atoms with Gasteiger partial charge in [-0.05, 0) is 0 Å². The zero-order valence-electron chi connectivity index (χ0n) is 3.98. The molecule has 0 aliphatic rings. The van der Waals surface area contributed by atoms with Crippen molar-refractivity contribution in [3.8, 4) is 0 Å². The second-order valence-electron chi connectivity index (χ2n) is 0.512. The molecule has 0 aromatic carbocycles. The molecule has 0 atom stereocenters. The van der Waals surface area contributed by atoms with Crippen LogP contribution >= 0.6 is 0 Å². The SMILES string of the molecule is [Cl-].[Cl-].[Cl-].[Zr+4].[c-]1nn[nH]n1. The minimum atomic E-state index is 0. The molecule has 50 valence electrons. The largest absolute Gasteiger partial charge is 4.00 e. The van der Waals surface area contributed by atoms with Crippen LogP contribution < -0.4 is 37.2 Å². The van der Waals surface area contributed by atoms with E-state index >= 15 is 0 Å². The van der Waals surface area contributed by atoms with Crippen LogP contribution in [0.4, 0.5) is 0 Å². The van der Waals surface area contributed by atoms with Crippen LogP contribution in [-0.2, 0) is 26.2 Å². The molecule has 1 aromatic rings. The quantitative estimate of drug-likeness (QED) is 0.475. The number of nitrogens with zero attached hydrogens (tertiary/aromatic N) is 3. The summed E-state index contributed by atoms with van der Waals surface area (Å²) in [5.41, 5.74) is 0. The molecular formula is CHCl3N4Zr.